The first-order valence-electron chi connectivity index (χ1n) is 12.3. The summed E-state index contributed by atoms with van der Waals surface area (Å²) in [6.07, 6.45) is 0.867. The monoisotopic (exact) mass is 482 g/mol. The summed E-state index contributed by atoms with van der Waals surface area (Å²) in [5.74, 6) is 1.08. The summed E-state index contributed by atoms with van der Waals surface area (Å²) in [5, 5.41) is 7.96. The number of hydrogen-bond acceptors (Lipinski definition) is 1. The van der Waals surface area contributed by atoms with E-state index in [1.54, 1.807) is 0 Å². The van der Waals surface area contributed by atoms with Gasteiger partial charge in [0.05, 0.1) is 11.0 Å². The SMILES string of the molecule is CCc1nc2c3ccccc3ccc2n1-c1ccc2cc(-c3ccc4ccc(Cl)cc4c3)ccc2c1. The molecule has 0 saturated heterocycles. The summed E-state index contributed by atoms with van der Waals surface area (Å²) in [4.78, 5) is 5.05. The van der Waals surface area contributed by atoms with Crippen molar-refractivity contribution < 1.29 is 0 Å². The molecule has 1 aromatic heterocycles. The number of rotatable bonds is 3. The van der Waals surface area contributed by atoms with E-state index in [9.17, 15) is 0 Å². The average Bonchev–Trinajstić information content (AvgIpc) is 3.31. The van der Waals surface area contributed by atoms with Crippen LogP contribution < -0.4 is 0 Å². The van der Waals surface area contributed by atoms with Gasteiger partial charge in [-0.25, -0.2) is 4.98 Å². The maximum atomic E-state index is 6.23. The van der Waals surface area contributed by atoms with E-state index in [-0.39, 0.29) is 0 Å². The van der Waals surface area contributed by atoms with Crippen LogP contribution in [0.2, 0.25) is 5.02 Å². The van der Waals surface area contributed by atoms with Crippen LogP contribution in [0.25, 0.3) is 60.2 Å². The lowest BCUT2D eigenvalue weighted by Gasteiger charge is -2.11. The van der Waals surface area contributed by atoms with Gasteiger partial charge in [-0.2, -0.15) is 0 Å². The van der Waals surface area contributed by atoms with Crippen LogP contribution in [0.1, 0.15) is 12.7 Å². The molecule has 0 fully saturated rings. The van der Waals surface area contributed by atoms with E-state index in [1.165, 1.54) is 38.1 Å². The van der Waals surface area contributed by atoms with E-state index < -0.39 is 0 Å². The molecular formula is C33H23ClN2. The molecule has 0 aliphatic rings. The number of nitrogens with zero attached hydrogens (tertiary/aromatic N) is 2. The number of benzene rings is 6. The van der Waals surface area contributed by atoms with Gasteiger partial charge in [0.1, 0.15) is 5.82 Å². The van der Waals surface area contributed by atoms with Crippen molar-refractivity contribution >= 4 is 55.0 Å². The van der Waals surface area contributed by atoms with E-state index in [2.05, 4.69) is 109 Å². The smallest absolute Gasteiger partial charge is 0.114 e. The molecule has 1 heterocycles. The highest BCUT2D eigenvalue weighted by Crippen LogP contribution is 2.32. The van der Waals surface area contributed by atoms with Gasteiger partial charge in [0.2, 0.25) is 0 Å². The van der Waals surface area contributed by atoms with Gasteiger partial charge in [-0.3, -0.25) is 4.57 Å². The second kappa shape index (κ2) is 8.22. The molecule has 0 N–H and O–H groups in total. The first-order chi connectivity index (χ1) is 17.7. The van der Waals surface area contributed by atoms with Gasteiger partial charge in [-0.1, -0.05) is 85.3 Å². The van der Waals surface area contributed by atoms with Crippen LogP contribution in [0.4, 0.5) is 0 Å². The fraction of sp³-hybridized carbons (Fsp3) is 0.0606. The van der Waals surface area contributed by atoms with Crippen LogP contribution in [0.15, 0.2) is 109 Å². The average molecular weight is 483 g/mol. The lowest BCUT2D eigenvalue weighted by atomic mass is 9.98. The Labute approximate surface area is 214 Å². The number of aryl methyl sites for hydroxylation is 1. The summed E-state index contributed by atoms with van der Waals surface area (Å²) in [6.45, 7) is 2.17. The van der Waals surface area contributed by atoms with E-state index >= 15 is 0 Å². The van der Waals surface area contributed by atoms with Crippen LogP contribution in [0, 0.1) is 0 Å². The summed E-state index contributed by atoms with van der Waals surface area (Å²) in [6, 6.07) is 38.9. The Morgan fingerprint density at radius 3 is 2.19 bits per heavy atom. The molecule has 0 aliphatic carbocycles. The van der Waals surface area contributed by atoms with Crippen LogP contribution in [0.5, 0.6) is 0 Å². The Kier molecular flexibility index (Phi) is 4.83. The lowest BCUT2D eigenvalue weighted by molar-refractivity contribution is 0.909. The zero-order valence-electron chi connectivity index (χ0n) is 19.9. The molecule has 36 heavy (non-hydrogen) atoms. The van der Waals surface area contributed by atoms with Crippen molar-refractivity contribution in [2.75, 3.05) is 0 Å². The number of fused-ring (bicyclic) bond motifs is 5. The number of halogens is 1. The third kappa shape index (κ3) is 3.37. The molecule has 0 unspecified atom stereocenters. The van der Waals surface area contributed by atoms with Crippen LogP contribution in [-0.2, 0) is 6.42 Å². The Bertz CT molecular complexity index is 1950. The van der Waals surface area contributed by atoms with Crippen LogP contribution in [-0.4, -0.2) is 9.55 Å². The first-order valence-corrected chi connectivity index (χ1v) is 12.7. The molecule has 172 valence electrons. The molecule has 7 aromatic rings. The molecule has 0 saturated carbocycles. The predicted molar refractivity (Wildman–Crippen MR) is 153 cm³/mol. The maximum absolute atomic E-state index is 6.23. The van der Waals surface area contributed by atoms with Crippen molar-refractivity contribution in [1.29, 1.82) is 0 Å². The highest BCUT2D eigenvalue weighted by Gasteiger charge is 2.14. The predicted octanol–water partition coefficient (Wildman–Crippen LogP) is 9.37. The van der Waals surface area contributed by atoms with Crippen LogP contribution >= 0.6 is 11.6 Å². The molecule has 7 rings (SSSR count). The Morgan fingerprint density at radius 1 is 0.639 bits per heavy atom. The van der Waals surface area contributed by atoms with E-state index in [4.69, 9.17) is 16.6 Å². The fourth-order valence-electron chi connectivity index (χ4n) is 5.33. The van der Waals surface area contributed by atoms with Gasteiger partial charge in [0.25, 0.3) is 0 Å². The van der Waals surface area contributed by atoms with E-state index in [1.807, 2.05) is 12.1 Å². The van der Waals surface area contributed by atoms with Crippen molar-refractivity contribution in [2.24, 2.45) is 0 Å². The van der Waals surface area contributed by atoms with Gasteiger partial charge in [0, 0.05) is 22.5 Å². The van der Waals surface area contributed by atoms with Gasteiger partial charge in [-0.15, -0.1) is 0 Å². The van der Waals surface area contributed by atoms with Gasteiger partial charge in [-0.05, 0) is 80.5 Å². The molecule has 0 spiro atoms. The van der Waals surface area contributed by atoms with Gasteiger partial charge < -0.3 is 0 Å². The second-order valence-electron chi connectivity index (χ2n) is 9.32. The van der Waals surface area contributed by atoms with Crippen molar-refractivity contribution in [3.8, 4) is 16.8 Å². The highest BCUT2D eigenvalue weighted by molar-refractivity contribution is 6.31. The molecular weight excluding hydrogens is 460 g/mol. The molecule has 2 nitrogen and oxygen atoms in total. The van der Waals surface area contributed by atoms with Crippen molar-refractivity contribution in [3.05, 3.63) is 120 Å². The third-order valence-electron chi connectivity index (χ3n) is 7.15. The van der Waals surface area contributed by atoms with E-state index in [0.717, 1.165) is 39.4 Å². The van der Waals surface area contributed by atoms with Gasteiger partial charge in [0.15, 0.2) is 0 Å². The largest absolute Gasteiger partial charge is 0.296 e. The van der Waals surface area contributed by atoms with Gasteiger partial charge >= 0.3 is 0 Å². The summed E-state index contributed by atoms with van der Waals surface area (Å²) >= 11 is 6.23. The standard InChI is InChI=1S/C33H23ClN2/c1-2-32-35-33-30-6-4-3-5-22(30)13-16-31(33)36(32)29-15-12-25-17-23(9-10-26(25)20-29)24-8-7-21-11-14-28(34)19-27(21)18-24/h3-20H,2H2,1H3. The van der Waals surface area contributed by atoms with Crippen molar-refractivity contribution in [2.45, 2.75) is 13.3 Å². The molecule has 3 heteroatoms. The van der Waals surface area contributed by atoms with Crippen molar-refractivity contribution in [1.82, 2.24) is 9.55 Å². The van der Waals surface area contributed by atoms with E-state index in [0.29, 0.717) is 0 Å². The maximum Gasteiger partial charge on any atom is 0.114 e. The minimum atomic E-state index is 0.761. The number of aromatic nitrogens is 2. The molecule has 6 aromatic carbocycles. The zero-order chi connectivity index (χ0) is 24.2. The third-order valence-corrected chi connectivity index (χ3v) is 7.39. The van der Waals surface area contributed by atoms with Crippen LogP contribution in [0.3, 0.4) is 0 Å². The number of imidazole rings is 1. The minimum Gasteiger partial charge on any atom is -0.296 e. The molecule has 0 bridgehead atoms. The van der Waals surface area contributed by atoms with Crippen molar-refractivity contribution in [3.63, 3.8) is 0 Å². The fourth-order valence-corrected chi connectivity index (χ4v) is 5.51. The highest BCUT2D eigenvalue weighted by atomic mass is 35.5. The summed E-state index contributed by atoms with van der Waals surface area (Å²) < 4.78 is 2.31. The molecule has 0 radical (unpaired) electrons. The lowest BCUT2D eigenvalue weighted by Crippen LogP contribution is -2.00. The number of hydrogen-bond donors (Lipinski definition) is 0. The Hall–Kier alpha value is -4.14. The first kappa shape index (κ1) is 21.2. The normalized spacial score (nSPS) is 11.7. The molecule has 0 atom stereocenters. The Balaban J connectivity index is 1.35. The minimum absolute atomic E-state index is 0.761. The summed E-state index contributed by atoms with van der Waals surface area (Å²) in [5.41, 5.74) is 5.75. The molecule has 0 amide bonds. The Morgan fingerprint density at radius 2 is 1.33 bits per heavy atom. The second-order valence-corrected chi connectivity index (χ2v) is 9.76. The quantitative estimate of drug-likeness (QED) is 0.245. The summed E-state index contributed by atoms with van der Waals surface area (Å²) in [7, 11) is 0. The zero-order valence-corrected chi connectivity index (χ0v) is 20.6. The molecule has 0 aliphatic heterocycles. The topological polar surface area (TPSA) is 17.8 Å².